The molecule has 0 bridgehead atoms. The van der Waals surface area contributed by atoms with Crippen LogP contribution in [0.25, 0.3) is 11.0 Å². The van der Waals surface area contributed by atoms with E-state index in [1.165, 1.54) is 6.07 Å². The highest BCUT2D eigenvalue weighted by Crippen LogP contribution is 2.31. The largest absolute Gasteiger partial charge is 0.489 e. The monoisotopic (exact) mass is 478 g/mol. The Hall–Kier alpha value is -3.84. The normalized spacial score (nSPS) is 12.0. The lowest BCUT2D eigenvalue weighted by Gasteiger charge is -2.15. The topological polar surface area (TPSA) is 113 Å². The minimum atomic E-state index is -1.11. The first-order valence-electron chi connectivity index (χ1n) is 10.7. The number of nitrogens with zero attached hydrogens (tertiary/aromatic N) is 1. The molecule has 8 heteroatoms. The van der Waals surface area contributed by atoms with Crippen molar-refractivity contribution in [3.63, 3.8) is 0 Å². The molecule has 0 fully saturated rings. The summed E-state index contributed by atoms with van der Waals surface area (Å²) >= 11 is 6.17. The molecule has 0 spiro atoms. The fourth-order valence-electron chi connectivity index (χ4n) is 3.96. The fourth-order valence-corrected chi connectivity index (χ4v) is 4.22. The van der Waals surface area contributed by atoms with Crippen molar-refractivity contribution >= 4 is 34.6 Å². The molecule has 4 aromatic rings. The number of imidazole rings is 1. The van der Waals surface area contributed by atoms with Crippen LogP contribution in [0.2, 0.25) is 5.02 Å². The van der Waals surface area contributed by atoms with Gasteiger partial charge in [0, 0.05) is 12.0 Å². The van der Waals surface area contributed by atoms with Gasteiger partial charge in [-0.25, -0.2) is 9.78 Å². The Morgan fingerprint density at radius 2 is 1.82 bits per heavy atom. The van der Waals surface area contributed by atoms with E-state index in [-0.39, 0.29) is 17.2 Å². The number of benzene rings is 3. The lowest BCUT2D eigenvalue weighted by molar-refractivity contribution is -0.137. The van der Waals surface area contributed by atoms with Crippen molar-refractivity contribution in [1.29, 1.82) is 0 Å². The van der Waals surface area contributed by atoms with Crippen molar-refractivity contribution in [2.45, 2.75) is 32.8 Å². The SMILES string of the molecule is CCc1nc2c(C)cc(C(C(=O)O)c3ccc(OCc4cccc(C(=O)O)c4Cl)cc3)cc2[nH]1. The third-order valence-corrected chi connectivity index (χ3v) is 6.13. The summed E-state index contributed by atoms with van der Waals surface area (Å²) in [5.74, 6) is -1.55. The third-order valence-electron chi connectivity index (χ3n) is 5.68. The lowest BCUT2D eigenvalue weighted by Crippen LogP contribution is -2.13. The van der Waals surface area contributed by atoms with Gasteiger partial charge in [0.25, 0.3) is 0 Å². The van der Waals surface area contributed by atoms with Crippen molar-refractivity contribution in [3.8, 4) is 5.75 Å². The number of hydrogen-bond acceptors (Lipinski definition) is 4. The van der Waals surface area contributed by atoms with Gasteiger partial charge in [-0.3, -0.25) is 4.79 Å². The number of halogens is 1. The number of hydrogen-bond donors (Lipinski definition) is 3. The van der Waals surface area contributed by atoms with Crippen molar-refractivity contribution in [2.75, 3.05) is 0 Å². The van der Waals surface area contributed by atoms with Crippen molar-refractivity contribution in [1.82, 2.24) is 9.97 Å². The molecule has 174 valence electrons. The number of carboxylic acids is 2. The predicted molar refractivity (Wildman–Crippen MR) is 129 cm³/mol. The zero-order valence-electron chi connectivity index (χ0n) is 18.6. The molecule has 3 aromatic carbocycles. The van der Waals surface area contributed by atoms with Crippen LogP contribution in [0.5, 0.6) is 5.75 Å². The van der Waals surface area contributed by atoms with Gasteiger partial charge in [-0.2, -0.15) is 0 Å². The molecule has 0 amide bonds. The number of fused-ring (bicyclic) bond motifs is 1. The van der Waals surface area contributed by atoms with Gasteiger partial charge in [0.2, 0.25) is 0 Å². The van der Waals surface area contributed by atoms with E-state index in [2.05, 4.69) is 9.97 Å². The summed E-state index contributed by atoms with van der Waals surface area (Å²) in [6, 6.07) is 15.3. The molecule has 0 saturated carbocycles. The number of aliphatic carboxylic acids is 1. The van der Waals surface area contributed by atoms with Crippen LogP contribution in [0, 0.1) is 6.92 Å². The number of carboxylic acid groups (broad SMARTS) is 2. The standard InChI is InChI=1S/C26H23ClN2O5/c1-3-21-28-20-12-17(11-14(2)24(20)29-21)22(26(32)33)15-7-9-18(10-8-15)34-13-16-5-4-6-19(23(16)27)25(30)31/h4-12,22H,3,13H2,1-2H3,(H,28,29)(H,30,31)(H,32,33). The van der Waals surface area contributed by atoms with E-state index in [0.717, 1.165) is 28.8 Å². The van der Waals surface area contributed by atoms with E-state index < -0.39 is 17.9 Å². The molecular weight excluding hydrogens is 456 g/mol. The highest BCUT2D eigenvalue weighted by Gasteiger charge is 2.24. The maximum atomic E-state index is 12.2. The first-order valence-corrected chi connectivity index (χ1v) is 11.1. The summed E-state index contributed by atoms with van der Waals surface area (Å²) in [6.07, 6.45) is 0.763. The molecule has 0 aliphatic carbocycles. The van der Waals surface area contributed by atoms with Gasteiger partial charge in [0.05, 0.1) is 21.6 Å². The Morgan fingerprint density at radius 3 is 2.47 bits per heavy atom. The molecule has 7 nitrogen and oxygen atoms in total. The molecule has 1 atom stereocenters. The smallest absolute Gasteiger partial charge is 0.337 e. The Balaban J connectivity index is 1.57. The van der Waals surface area contributed by atoms with E-state index >= 15 is 0 Å². The van der Waals surface area contributed by atoms with Crippen LogP contribution in [0.4, 0.5) is 0 Å². The number of rotatable bonds is 8. The molecule has 34 heavy (non-hydrogen) atoms. The van der Waals surface area contributed by atoms with E-state index in [1.807, 2.05) is 26.0 Å². The average Bonchev–Trinajstić information content (AvgIpc) is 3.23. The molecule has 1 aromatic heterocycles. The number of H-pyrrole nitrogens is 1. The second kappa shape index (κ2) is 9.57. The molecule has 0 radical (unpaired) electrons. The first kappa shape index (κ1) is 23.3. The van der Waals surface area contributed by atoms with Crippen LogP contribution in [0.1, 0.15) is 51.3 Å². The summed E-state index contributed by atoms with van der Waals surface area (Å²) in [5, 5.41) is 19.3. The summed E-state index contributed by atoms with van der Waals surface area (Å²) < 4.78 is 5.76. The summed E-state index contributed by atoms with van der Waals surface area (Å²) in [5.41, 5.74) is 4.41. The van der Waals surface area contributed by atoms with Crippen LogP contribution in [-0.2, 0) is 17.8 Å². The molecule has 3 N–H and O–H groups in total. The predicted octanol–water partition coefficient (Wildman–Crippen LogP) is 5.58. The van der Waals surface area contributed by atoms with Gasteiger partial charge in [-0.05, 0) is 47.9 Å². The van der Waals surface area contributed by atoms with E-state index in [0.29, 0.717) is 22.4 Å². The van der Waals surface area contributed by atoms with Crippen molar-refractivity contribution < 1.29 is 24.5 Å². The number of aromatic carboxylic acids is 1. The Morgan fingerprint density at radius 1 is 1.09 bits per heavy atom. The van der Waals surface area contributed by atoms with Gasteiger partial charge in [-0.15, -0.1) is 0 Å². The van der Waals surface area contributed by atoms with Gasteiger partial charge >= 0.3 is 11.9 Å². The number of nitrogens with one attached hydrogen (secondary N) is 1. The molecule has 4 rings (SSSR count). The van der Waals surface area contributed by atoms with Crippen LogP contribution >= 0.6 is 11.6 Å². The Labute approximate surface area is 201 Å². The van der Waals surface area contributed by atoms with Crippen molar-refractivity contribution in [2.24, 2.45) is 0 Å². The highest BCUT2D eigenvalue weighted by molar-refractivity contribution is 6.34. The second-order valence-electron chi connectivity index (χ2n) is 7.98. The summed E-state index contributed by atoms with van der Waals surface area (Å²) in [4.78, 5) is 31.3. The number of carbonyl (C=O) groups is 2. The average molecular weight is 479 g/mol. The van der Waals surface area contributed by atoms with Gasteiger partial charge < -0.3 is 19.9 Å². The molecular formula is C26H23ClN2O5. The van der Waals surface area contributed by atoms with Crippen LogP contribution < -0.4 is 4.74 Å². The first-order chi connectivity index (χ1) is 16.3. The van der Waals surface area contributed by atoms with Gasteiger partial charge in [0.1, 0.15) is 24.1 Å². The zero-order chi connectivity index (χ0) is 24.4. The molecule has 0 aliphatic heterocycles. The molecule has 0 aliphatic rings. The minimum absolute atomic E-state index is 0.0120. The number of ether oxygens (including phenoxy) is 1. The second-order valence-corrected chi connectivity index (χ2v) is 8.36. The lowest BCUT2D eigenvalue weighted by atomic mass is 9.90. The van der Waals surface area contributed by atoms with Gasteiger partial charge in [0.15, 0.2) is 0 Å². The number of aryl methyl sites for hydroxylation is 2. The van der Waals surface area contributed by atoms with Crippen molar-refractivity contribution in [3.05, 3.63) is 93.3 Å². The van der Waals surface area contributed by atoms with Gasteiger partial charge in [-0.1, -0.05) is 48.9 Å². The zero-order valence-corrected chi connectivity index (χ0v) is 19.4. The minimum Gasteiger partial charge on any atom is -0.489 e. The maximum absolute atomic E-state index is 12.2. The fraction of sp³-hybridized carbons (Fsp3) is 0.192. The van der Waals surface area contributed by atoms with E-state index in [4.69, 9.17) is 16.3 Å². The van der Waals surface area contributed by atoms with Crippen LogP contribution in [0.3, 0.4) is 0 Å². The van der Waals surface area contributed by atoms with Crippen LogP contribution in [0.15, 0.2) is 54.6 Å². The summed E-state index contributed by atoms with van der Waals surface area (Å²) in [7, 11) is 0. The quantitative estimate of drug-likeness (QED) is 0.304. The molecule has 1 unspecified atom stereocenters. The summed E-state index contributed by atoms with van der Waals surface area (Å²) in [6.45, 7) is 4.01. The Kier molecular flexibility index (Phi) is 6.56. The third kappa shape index (κ3) is 4.61. The molecule has 1 heterocycles. The van der Waals surface area contributed by atoms with E-state index in [9.17, 15) is 19.8 Å². The maximum Gasteiger partial charge on any atom is 0.337 e. The molecule has 0 saturated heterocycles. The van der Waals surface area contributed by atoms with Crippen LogP contribution in [-0.4, -0.2) is 32.1 Å². The number of aromatic amines is 1. The van der Waals surface area contributed by atoms with E-state index in [1.54, 1.807) is 36.4 Å². The number of aromatic nitrogens is 2. The highest BCUT2D eigenvalue weighted by atomic mass is 35.5. The Bertz CT molecular complexity index is 1380.